The van der Waals surface area contributed by atoms with Gasteiger partial charge in [0.15, 0.2) is 6.10 Å². The van der Waals surface area contributed by atoms with E-state index < -0.39 is 6.10 Å². The number of nitrogens with one attached hydrogen (secondary N) is 1. The molecule has 0 spiro atoms. The second-order valence-corrected chi connectivity index (χ2v) is 8.20. The van der Waals surface area contributed by atoms with Crippen LogP contribution in [0.2, 0.25) is 5.02 Å². The highest BCUT2D eigenvalue weighted by atomic mass is 35.5. The summed E-state index contributed by atoms with van der Waals surface area (Å²) in [6.45, 7) is 3.43. The van der Waals surface area contributed by atoms with E-state index in [1.54, 1.807) is 19.1 Å². The Bertz CT molecular complexity index is 765. The van der Waals surface area contributed by atoms with Crippen LogP contribution in [0.5, 0.6) is 5.75 Å². The summed E-state index contributed by atoms with van der Waals surface area (Å²) in [5, 5.41) is 4.07. The summed E-state index contributed by atoms with van der Waals surface area (Å²) < 4.78 is 11.1. The van der Waals surface area contributed by atoms with Gasteiger partial charge in [0.05, 0.1) is 5.02 Å². The van der Waals surface area contributed by atoms with Gasteiger partial charge in [0, 0.05) is 29.9 Å². The molecular formula is C21H24ClNO3S. The van der Waals surface area contributed by atoms with Crippen molar-refractivity contribution >= 4 is 35.0 Å². The van der Waals surface area contributed by atoms with Gasteiger partial charge in [-0.1, -0.05) is 35.9 Å². The Labute approximate surface area is 169 Å². The summed E-state index contributed by atoms with van der Waals surface area (Å²) in [4.78, 5) is 12.4. The molecule has 2 aromatic carbocycles. The van der Waals surface area contributed by atoms with Crippen molar-refractivity contribution in [3.05, 3.63) is 59.1 Å². The Balaban J connectivity index is 1.53. The average molecular weight is 406 g/mol. The van der Waals surface area contributed by atoms with Crippen LogP contribution in [0.4, 0.5) is 5.69 Å². The molecule has 6 heteroatoms. The Morgan fingerprint density at radius 2 is 2.04 bits per heavy atom. The first-order chi connectivity index (χ1) is 13.1. The van der Waals surface area contributed by atoms with Gasteiger partial charge in [0.25, 0.3) is 5.91 Å². The third-order valence-electron chi connectivity index (χ3n) is 4.36. The van der Waals surface area contributed by atoms with Crippen molar-refractivity contribution in [2.75, 3.05) is 18.5 Å². The first kappa shape index (κ1) is 20.1. The highest BCUT2D eigenvalue weighted by Gasteiger charge is 2.17. The minimum absolute atomic E-state index is 0.204. The van der Waals surface area contributed by atoms with Crippen molar-refractivity contribution < 1.29 is 14.3 Å². The van der Waals surface area contributed by atoms with E-state index in [1.807, 2.05) is 42.1 Å². The maximum absolute atomic E-state index is 12.4. The zero-order chi connectivity index (χ0) is 19.1. The Hall–Kier alpha value is -1.69. The predicted molar refractivity (Wildman–Crippen MR) is 112 cm³/mol. The molecule has 0 aromatic heterocycles. The molecule has 0 radical (unpaired) electrons. The van der Waals surface area contributed by atoms with Gasteiger partial charge in [0.1, 0.15) is 5.75 Å². The summed E-state index contributed by atoms with van der Waals surface area (Å²) in [7, 11) is 0. The lowest BCUT2D eigenvalue weighted by atomic mass is 10.2. The van der Waals surface area contributed by atoms with E-state index in [2.05, 4.69) is 11.4 Å². The van der Waals surface area contributed by atoms with Gasteiger partial charge in [-0.25, -0.2) is 0 Å². The zero-order valence-corrected chi connectivity index (χ0v) is 16.9. The molecule has 0 saturated carbocycles. The number of benzene rings is 2. The van der Waals surface area contributed by atoms with Gasteiger partial charge in [-0.15, -0.1) is 0 Å². The molecule has 1 atom stereocenters. The van der Waals surface area contributed by atoms with E-state index in [-0.39, 0.29) is 5.91 Å². The number of anilines is 1. The van der Waals surface area contributed by atoms with Gasteiger partial charge in [0.2, 0.25) is 0 Å². The van der Waals surface area contributed by atoms with E-state index in [4.69, 9.17) is 21.1 Å². The standard InChI is InChI=1S/C21H24ClNO3S/c1-15(26-20-8-3-2-7-19(20)22)21(24)23-17-6-4-5-16(13-17)14-27-18-9-11-25-12-10-18/h2-8,13,15,18H,9-12,14H2,1H3,(H,23,24). The molecule has 1 aliphatic rings. The molecule has 4 nitrogen and oxygen atoms in total. The van der Waals surface area contributed by atoms with Crippen molar-refractivity contribution in [1.82, 2.24) is 0 Å². The van der Waals surface area contributed by atoms with Crippen LogP contribution in [0.1, 0.15) is 25.3 Å². The lowest BCUT2D eigenvalue weighted by Gasteiger charge is -2.21. The van der Waals surface area contributed by atoms with Gasteiger partial charge < -0.3 is 14.8 Å². The van der Waals surface area contributed by atoms with Crippen LogP contribution < -0.4 is 10.1 Å². The molecule has 1 heterocycles. The molecule has 27 heavy (non-hydrogen) atoms. The Morgan fingerprint density at radius 1 is 1.26 bits per heavy atom. The van der Waals surface area contributed by atoms with Crippen molar-refractivity contribution in [2.45, 2.75) is 36.9 Å². The van der Waals surface area contributed by atoms with Crippen LogP contribution in [0.25, 0.3) is 0 Å². The van der Waals surface area contributed by atoms with Crippen LogP contribution in [0.3, 0.4) is 0 Å². The number of rotatable bonds is 7. The Morgan fingerprint density at radius 3 is 2.81 bits per heavy atom. The van der Waals surface area contributed by atoms with E-state index in [1.165, 1.54) is 5.56 Å². The highest BCUT2D eigenvalue weighted by molar-refractivity contribution is 7.99. The summed E-state index contributed by atoms with van der Waals surface area (Å²) in [6, 6.07) is 15.1. The Kier molecular flexibility index (Phi) is 7.44. The highest BCUT2D eigenvalue weighted by Crippen LogP contribution is 2.27. The largest absolute Gasteiger partial charge is 0.479 e. The first-order valence-electron chi connectivity index (χ1n) is 9.12. The summed E-state index contributed by atoms with van der Waals surface area (Å²) in [5.41, 5.74) is 1.98. The molecular weight excluding hydrogens is 382 g/mol. The minimum atomic E-state index is -0.648. The summed E-state index contributed by atoms with van der Waals surface area (Å²) in [6.07, 6.45) is 1.57. The number of thioether (sulfide) groups is 1. The topological polar surface area (TPSA) is 47.6 Å². The van der Waals surface area contributed by atoms with Gasteiger partial charge in [-0.3, -0.25) is 4.79 Å². The number of carbonyl (C=O) groups excluding carboxylic acids is 1. The molecule has 1 amide bonds. The number of halogens is 1. The van der Waals surface area contributed by atoms with Crippen molar-refractivity contribution in [3.63, 3.8) is 0 Å². The number of hydrogen-bond donors (Lipinski definition) is 1. The van der Waals surface area contributed by atoms with Crippen LogP contribution in [-0.4, -0.2) is 30.5 Å². The molecule has 1 aliphatic heterocycles. The fourth-order valence-electron chi connectivity index (χ4n) is 2.82. The van der Waals surface area contributed by atoms with Crippen LogP contribution in [0, 0.1) is 0 Å². The van der Waals surface area contributed by atoms with Gasteiger partial charge in [-0.05, 0) is 49.6 Å². The number of ether oxygens (including phenoxy) is 2. The summed E-state index contributed by atoms with van der Waals surface area (Å²) in [5.74, 6) is 1.23. The fourth-order valence-corrected chi connectivity index (χ4v) is 4.14. The molecule has 1 fully saturated rings. The number of amides is 1. The minimum Gasteiger partial charge on any atom is -0.479 e. The van der Waals surface area contributed by atoms with Crippen LogP contribution in [-0.2, 0) is 15.3 Å². The van der Waals surface area contributed by atoms with Crippen molar-refractivity contribution in [3.8, 4) is 5.75 Å². The number of hydrogen-bond acceptors (Lipinski definition) is 4. The monoisotopic (exact) mass is 405 g/mol. The molecule has 1 saturated heterocycles. The van der Waals surface area contributed by atoms with E-state index in [9.17, 15) is 4.79 Å². The predicted octanol–water partition coefficient (Wildman–Crippen LogP) is 5.16. The van der Waals surface area contributed by atoms with Crippen LogP contribution in [0.15, 0.2) is 48.5 Å². The molecule has 3 rings (SSSR count). The van der Waals surface area contributed by atoms with E-state index in [0.29, 0.717) is 16.0 Å². The molecule has 2 aromatic rings. The molecule has 0 bridgehead atoms. The normalized spacial score (nSPS) is 15.9. The zero-order valence-electron chi connectivity index (χ0n) is 15.3. The maximum Gasteiger partial charge on any atom is 0.265 e. The maximum atomic E-state index is 12.4. The quantitative estimate of drug-likeness (QED) is 0.691. The third-order valence-corrected chi connectivity index (χ3v) is 6.11. The SMILES string of the molecule is CC(Oc1ccccc1Cl)C(=O)Nc1cccc(CSC2CCOCC2)c1. The molecule has 144 valence electrons. The lowest BCUT2D eigenvalue weighted by Crippen LogP contribution is -2.30. The van der Waals surface area contributed by atoms with Gasteiger partial charge in [-0.2, -0.15) is 11.8 Å². The molecule has 1 N–H and O–H groups in total. The average Bonchev–Trinajstić information content (AvgIpc) is 2.69. The lowest BCUT2D eigenvalue weighted by molar-refractivity contribution is -0.122. The molecule has 0 aliphatic carbocycles. The van der Waals surface area contributed by atoms with Crippen molar-refractivity contribution in [2.24, 2.45) is 0 Å². The molecule has 1 unspecified atom stereocenters. The third kappa shape index (κ3) is 6.16. The first-order valence-corrected chi connectivity index (χ1v) is 10.5. The second-order valence-electron chi connectivity index (χ2n) is 6.50. The number of para-hydroxylation sites is 1. The van der Waals surface area contributed by atoms with Crippen molar-refractivity contribution in [1.29, 1.82) is 0 Å². The fraction of sp³-hybridized carbons (Fsp3) is 0.381. The second kappa shape index (κ2) is 10.0. The summed E-state index contributed by atoms with van der Waals surface area (Å²) >= 11 is 8.04. The van der Waals surface area contributed by atoms with Crippen LogP contribution >= 0.6 is 23.4 Å². The van der Waals surface area contributed by atoms with Gasteiger partial charge >= 0.3 is 0 Å². The smallest absolute Gasteiger partial charge is 0.265 e. The van der Waals surface area contributed by atoms with E-state index >= 15 is 0 Å². The van der Waals surface area contributed by atoms with E-state index in [0.717, 1.165) is 37.5 Å². The number of carbonyl (C=O) groups is 1.